The van der Waals surface area contributed by atoms with E-state index in [1.54, 1.807) is 30.3 Å². The van der Waals surface area contributed by atoms with Crippen LogP contribution in [0.25, 0.3) is 11.1 Å². The second-order valence-corrected chi connectivity index (χ2v) is 7.71. The largest absolute Gasteiger partial charge is 0.493 e. The molecule has 0 spiro atoms. The number of hydrogen-bond donors (Lipinski definition) is 3. The summed E-state index contributed by atoms with van der Waals surface area (Å²) in [5.41, 5.74) is 7.16. The first-order valence-electron chi connectivity index (χ1n) is 11.0. The number of unbranched alkanes of at least 4 members (excludes halogenated alkanes) is 1. The molecule has 0 aromatic heterocycles. The minimum absolute atomic E-state index is 0.0496. The average molecular weight is 478 g/mol. The van der Waals surface area contributed by atoms with Crippen LogP contribution in [0, 0.1) is 0 Å². The van der Waals surface area contributed by atoms with Gasteiger partial charge in [0, 0.05) is 5.56 Å². The van der Waals surface area contributed by atoms with Gasteiger partial charge in [-0.25, -0.2) is 0 Å². The number of benzene rings is 3. The first-order valence-corrected chi connectivity index (χ1v) is 11.4. The molecule has 8 heteroatoms. The zero-order chi connectivity index (χ0) is 24.2. The van der Waals surface area contributed by atoms with E-state index in [1.807, 2.05) is 48.5 Å². The van der Waals surface area contributed by atoms with Crippen molar-refractivity contribution in [1.82, 2.24) is 16.2 Å². The Labute approximate surface area is 204 Å². The highest BCUT2D eigenvalue weighted by molar-refractivity contribution is 7.80. The van der Waals surface area contributed by atoms with Gasteiger partial charge in [0.15, 0.2) is 11.7 Å². The predicted octanol–water partition coefficient (Wildman–Crippen LogP) is 4.25. The molecule has 0 atom stereocenters. The Bertz CT molecular complexity index is 1120. The molecule has 0 fully saturated rings. The first-order chi connectivity index (χ1) is 16.6. The molecule has 3 aromatic rings. The number of hydrazine groups is 1. The van der Waals surface area contributed by atoms with Crippen LogP contribution in [-0.4, -0.2) is 30.1 Å². The zero-order valence-electron chi connectivity index (χ0n) is 18.9. The van der Waals surface area contributed by atoms with Crippen molar-refractivity contribution in [3.05, 3.63) is 84.4 Å². The molecule has 3 N–H and O–H groups in total. The van der Waals surface area contributed by atoms with Gasteiger partial charge in [0.25, 0.3) is 11.8 Å². The van der Waals surface area contributed by atoms with Crippen LogP contribution in [0.4, 0.5) is 0 Å². The van der Waals surface area contributed by atoms with Gasteiger partial charge in [-0.15, -0.1) is 0 Å². The van der Waals surface area contributed by atoms with Crippen molar-refractivity contribution in [1.29, 1.82) is 0 Å². The highest BCUT2D eigenvalue weighted by atomic mass is 32.1. The van der Waals surface area contributed by atoms with Crippen molar-refractivity contribution >= 4 is 29.1 Å². The van der Waals surface area contributed by atoms with E-state index in [2.05, 4.69) is 23.1 Å². The molecule has 0 saturated heterocycles. The van der Waals surface area contributed by atoms with Gasteiger partial charge in [0.05, 0.1) is 12.2 Å². The van der Waals surface area contributed by atoms with Gasteiger partial charge in [0.1, 0.15) is 11.5 Å². The summed E-state index contributed by atoms with van der Waals surface area (Å²) in [4.78, 5) is 24.8. The monoisotopic (exact) mass is 477 g/mol. The number of thiocarbonyl (C=S) groups is 1. The Kier molecular flexibility index (Phi) is 9.42. The molecule has 0 aliphatic heterocycles. The maximum atomic E-state index is 12.6. The summed E-state index contributed by atoms with van der Waals surface area (Å²) in [5, 5.41) is 2.48. The maximum absolute atomic E-state index is 12.6. The highest BCUT2D eigenvalue weighted by Crippen LogP contribution is 2.29. The van der Waals surface area contributed by atoms with Crippen molar-refractivity contribution in [3.8, 4) is 22.6 Å². The lowest BCUT2D eigenvalue weighted by Crippen LogP contribution is -2.49. The Hall–Kier alpha value is -3.91. The molecular weight excluding hydrogens is 450 g/mol. The number of amides is 2. The van der Waals surface area contributed by atoms with E-state index in [0.29, 0.717) is 23.7 Å². The third-order valence-electron chi connectivity index (χ3n) is 4.76. The van der Waals surface area contributed by atoms with Crippen molar-refractivity contribution in [2.24, 2.45) is 0 Å². The van der Waals surface area contributed by atoms with Crippen molar-refractivity contribution < 1.29 is 19.1 Å². The lowest BCUT2D eigenvalue weighted by molar-refractivity contribution is -0.123. The molecule has 3 rings (SSSR count). The van der Waals surface area contributed by atoms with E-state index >= 15 is 0 Å². The van der Waals surface area contributed by atoms with Crippen molar-refractivity contribution in [3.63, 3.8) is 0 Å². The molecule has 0 unspecified atom stereocenters. The lowest BCUT2D eigenvalue weighted by Gasteiger charge is -2.14. The molecule has 3 aromatic carbocycles. The number of para-hydroxylation sites is 2. The summed E-state index contributed by atoms with van der Waals surface area (Å²) in [5.74, 6) is 0.167. The Balaban J connectivity index is 1.48. The van der Waals surface area contributed by atoms with E-state index in [4.69, 9.17) is 21.7 Å². The van der Waals surface area contributed by atoms with Gasteiger partial charge < -0.3 is 9.47 Å². The molecule has 0 radical (unpaired) electrons. The van der Waals surface area contributed by atoms with Crippen LogP contribution in [0.5, 0.6) is 11.5 Å². The van der Waals surface area contributed by atoms with Crippen LogP contribution < -0.4 is 25.6 Å². The molecule has 34 heavy (non-hydrogen) atoms. The summed E-state index contributed by atoms with van der Waals surface area (Å²) in [6.45, 7) is 2.35. The number of ether oxygens (including phenoxy) is 2. The molecule has 0 saturated carbocycles. The summed E-state index contributed by atoms with van der Waals surface area (Å²) in [6.07, 6.45) is 1.88. The molecule has 2 amide bonds. The molecular formula is C26H27N3O4S. The quantitative estimate of drug-likeness (QED) is 0.243. The minimum atomic E-state index is -0.456. The molecule has 0 bridgehead atoms. The van der Waals surface area contributed by atoms with E-state index < -0.39 is 11.8 Å². The van der Waals surface area contributed by atoms with E-state index in [9.17, 15) is 9.59 Å². The van der Waals surface area contributed by atoms with Crippen LogP contribution >= 0.6 is 12.2 Å². The van der Waals surface area contributed by atoms with Crippen LogP contribution in [-0.2, 0) is 4.79 Å². The standard InChI is InChI=1S/C26H27N3O4S/c1-2-3-17-32-23-16-10-8-14-21(23)25(31)27-26(34)29-28-24(30)18-33-22-15-9-7-13-20(22)19-11-5-4-6-12-19/h4-16H,2-3,17-18H2,1H3,(H,28,30)(H2,27,29,31,34). The second kappa shape index (κ2) is 13.0. The second-order valence-electron chi connectivity index (χ2n) is 7.31. The number of nitrogens with one attached hydrogen (secondary N) is 3. The fourth-order valence-electron chi connectivity index (χ4n) is 3.06. The van der Waals surface area contributed by atoms with Gasteiger partial charge in [0.2, 0.25) is 0 Å². The summed E-state index contributed by atoms with van der Waals surface area (Å²) in [7, 11) is 0. The highest BCUT2D eigenvalue weighted by Gasteiger charge is 2.14. The van der Waals surface area contributed by atoms with Gasteiger partial charge >= 0.3 is 0 Å². The van der Waals surface area contributed by atoms with Gasteiger partial charge in [-0.2, -0.15) is 0 Å². The molecule has 176 valence electrons. The number of carbonyl (C=O) groups is 2. The van der Waals surface area contributed by atoms with Crippen LogP contribution in [0.1, 0.15) is 30.1 Å². The average Bonchev–Trinajstić information content (AvgIpc) is 2.87. The Morgan fingerprint density at radius 2 is 1.50 bits per heavy atom. The SMILES string of the molecule is CCCCOc1ccccc1C(=O)NC(=S)NNC(=O)COc1ccccc1-c1ccccc1. The van der Waals surface area contributed by atoms with E-state index in [-0.39, 0.29) is 11.7 Å². The third-order valence-corrected chi connectivity index (χ3v) is 4.96. The van der Waals surface area contributed by atoms with E-state index in [1.165, 1.54) is 0 Å². The smallest absolute Gasteiger partial charge is 0.276 e. The van der Waals surface area contributed by atoms with Crippen LogP contribution in [0.2, 0.25) is 0 Å². The Morgan fingerprint density at radius 1 is 0.824 bits per heavy atom. The third kappa shape index (κ3) is 7.31. The lowest BCUT2D eigenvalue weighted by atomic mass is 10.1. The molecule has 7 nitrogen and oxygen atoms in total. The van der Waals surface area contributed by atoms with Gasteiger partial charge in [-0.05, 0) is 42.4 Å². The topological polar surface area (TPSA) is 88.7 Å². The van der Waals surface area contributed by atoms with Crippen molar-refractivity contribution in [2.45, 2.75) is 19.8 Å². The fourth-order valence-corrected chi connectivity index (χ4v) is 3.21. The first kappa shape index (κ1) is 24.7. The molecule has 0 heterocycles. The number of rotatable bonds is 9. The number of carbonyl (C=O) groups excluding carboxylic acids is 2. The zero-order valence-corrected chi connectivity index (χ0v) is 19.7. The fraction of sp³-hybridized carbons (Fsp3) is 0.192. The summed E-state index contributed by atoms with van der Waals surface area (Å²) >= 11 is 5.12. The van der Waals surface area contributed by atoms with E-state index in [0.717, 1.165) is 24.0 Å². The van der Waals surface area contributed by atoms with Crippen molar-refractivity contribution in [2.75, 3.05) is 13.2 Å². The Morgan fingerprint density at radius 3 is 2.26 bits per heavy atom. The predicted molar refractivity (Wildman–Crippen MR) is 136 cm³/mol. The summed E-state index contributed by atoms with van der Waals surface area (Å²) in [6, 6.07) is 24.1. The normalized spacial score (nSPS) is 10.1. The van der Waals surface area contributed by atoms with Crippen LogP contribution in [0.3, 0.4) is 0 Å². The molecule has 0 aliphatic rings. The minimum Gasteiger partial charge on any atom is -0.493 e. The number of hydrogen-bond acceptors (Lipinski definition) is 5. The molecule has 0 aliphatic carbocycles. The summed E-state index contributed by atoms with van der Waals surface area (Å²) < 4.78 is 11.4. The van der Waals surface area contributed by atoms with Gasteiger partial charge in [-0.3, -0.25) is 25.8 Å². The van der Waals surface area contributed by atoms with Gasteiger partial charge in [-0.1, -0.05) is 74.0 Å². The van der Waals surface area contributed by atoms with Crippen LogP contribution in [0.15, 0.2) is 78.9 Å². The maximum Gasteiger partial charge on any atom is 0.276 e.